The summed E-state index contributed by atoms with van der Waals surface area (Å²) < 4.78 is 0. The van der Waals surface area contributed by atoms with E-state index in [0.717, 1.165) is 0 Å². The largest absolute Gasteiger partial charge is 0.353 e. The molecule has 1 unspecified atom stereocenters. The van der Waals surface area contributed by atoms with Crippen LogP contribution in [0.4, 0.5) is 4.79 Å². The molecule has 1 N–H and O–H groups in total. The minimum atomic E-state index is -0.563. The van der Waals surface area contributed by atoms with Gasteiger partial charge in [-0.3, -0.25) is 9.59 Å². The highest BCUT2D eigenvalue weighted by Crippen LogP contribution is 2.06. The lowest BCUT2D eigenvalue weighted by Gasteiger charge is -2.30. The first-order valence-corrected chi connectivity index (χ1v) is 3.74. The van der Waals surface area contributed by atoms with Gasteiger partial charge in [0.1, 0.15) is 6.04 Å². The lowest BCUT2D eigenvalue weighted by molar-refractivity contribution is -0.126. The number of carbonyl (C=O) groups is 2. The van der Waals surface area contributed by atoms with Crippen LogP contribution in [0, 0.1) is 0 Å². The number of piperazine rings is 1. The zero-order chi connectivity index (χ0) is 8.43. The molecule has 2 amide bonds. The van der Waals surface area contributed by atoms with Crippen LogP contribution in [0.5, 0.6) is 0 Å². The summed E-state index contributed by atoms with van der Waals surface area (Å²) in [5.74, 6) is -0.148. The fourth-order valence-electron chi connectivity index (χ4n) is 1.02. The molecule has 11 heavy (non-hydrogen) atoms. The van der Waals surface area contributed by atoms with Gasteiger partial charge in [0.05, 0.1) is 0 Å². The normalized spacial score (nSPS) is 24.7. The van der Waals surface area contributed by atoms with Crippen LogP contribution in [0.1, 0.15) is 6.92 Å². The SMILES string of the molecule is CC1C(=O)NCCN1C(=O)Cl. The number of hydrogen-bond acceptors (Lipinski definition) is 2. The summed E-state index contributed by atoms with van der Waals surface area (Å²) in [5, 5.41) is 2.06. The predicted molar refractivity (Wildman–Crippen MR) is 40.4 cm³/mol. The van der Waals surface area contributed by atoms with Crippen molar-refractivity contribution in [3.8, 4) is 0 Å². The highest BCUT2D eigenvalue weighted by atomic mass is 35.5. The van der Waals surface area contributed by atoms with E-state index in [4.69, 9.17) is 11.6 Å². The molecule has 1 aliphatic heterocycles. The molecule has 0 aromatic rings. The molecule has 0 spiro atoms. The molecule has 4 nitrogen and oxygen atoms in total. The van der Waals surface area contributed by atoms with E-state index in [1.54, 1.807) is 6.92 Å². The number of nitrogens with zero attached hydrogens (tertiary/aromatic N) is 1. The maximum atomic E-state index is 10.9. The van der Waals surface area contributed by atoms with Crippen molar-refractivity contribution < 1.29 is 9.59 Å². The lowest BCUT2D eigenvalue weighted by atomic mass is 10.2. The molecular weight excluding hydrogens is 168 g/mol. The first kappa shape index (κ1) is 8.33. The third kappa shape index (κ3) is 1.63. The van der Waals surface area contributed by atoms with Crippen LogP contribution >= 0.6 is 11.6 Å². The molecule has 0 bridgehead atoms. The summed E-state index contributed by atoms with van der Waals surface area (Å²) in [6.07, 6.45) is 0. The van der Waals surface area contributed by atoms with Crippen LogP contribution in [0.2, 0.25) is 0 Å². The van der Waals surface area contributed by atoms with E-state index < -0.39 is 11.4 Å². The molecule has 0 saturated carbocycles. The molecule has 0 aliphatic carbocycles. The van der Waals surface area contributed by atoms with Crippen LogP contribution in [0.25, 0.3) is 0 Å². The van der Waals surface area contributed by atoms with Gasteiger partial charge in [-0.05, 0) is 18.5 Å². The van der Waals surface area contributed by atoms with Crippen molar-refractivity contribution in [2.24, 2.45) is 0 Å². The van der Waals surface area contributed by atoms with Crippen molar-refractivity contribution in [1.82, 2.24) is 10.2 Å². The average Bonchev–Trinajstić information content (AvgIpc) is 1.94. The number of nitrogens with one attached hydrogen (secondary N) is 1. The van der Waals surface area contributed by atoms with Crippen molar-refractivity contribution in [2.75, 3.05) is 13.1 Å². The van der Waals surface area contributed by atoms with E-state index in [9.17, 15) is 9.59 Å². The van der Waals surface area contributed by atoms with Gasteiger partial charge in [0.2, 0.25) is 5.91 Å². The average molecular weight is 177 g/mol. The van der Waals surface area contributed by atoms with Gasteiger partial charge >= 0.3 is 5.37 Å². The van der Waals surface area contributed by atoms with Crippen LogP contribution in [0.15, 0.2) is 0 Å². The highest BCUT2D eigenvalue weighted by Gasteiger charge is 2.27. The summed E-state index contributed by atoms with van der Waals surface area (Å²) >= 11 is 5.22. The molecule has 1 fully saturated rings. The number of rotatable bonds is 0. The molecule has 1 heterocycles. The topological polar surface area (TPSA) is 49.4 Å². The molecule has 0 aromatic heterocycles. The molecule has 1 rings (SSSR count). The fourth-order valence-corrected chi connectivity index (χ4v) is 1.25. The molecule has 1 atom stereocenters. The summed E-state index contributed by atoms with van der Waals surface area (Å²) in [6.45, 7) is 2.63. The number of hydrogen-bond donors (Lipinski definition) is 1. The molecule has 62 valence electrons. The first-order chi connectivity index (χ1) is 5.13. The molecular formula is C6H9ClN2O2. The van der Waals surface area contributed by atoms with Gasteiger partial charge in [0.15, 0.2) is 0 Å². The Kier molecular flexibility index (Phi) is 2.34. The Morgan fingerprint density at radius 3 is 2.91 bits per heavy atom. The Labute approximate surface area is 69.5 Å². The molecule has 1 saturated heterocycles. The minimum Gasteiger partial charge on any atom is -0.353 e. The maximum Gasteiger partial charge on any atom is 0.317 e. The van der Waals surface area contributed by atoms with E-state index in [1.807, 2.05) is 0 Å². The van der Waals surface area contributed by atoms with Gasteiger partial charge in [0, 0.05) is 13.1 Å². The van der Waals surface area contributed by atoms with Crippen LogP contribution in [-0.2, 0) is 4.79 Å². The van der Waals surface area contributed by atoms with Gasteiger partial charge in [-0.25, -0.2) is 0 Å². The molecule has 5 heteroatoms. The quantitative estimate of drug-likeness (QED) is 0.423. The van der Waals surface area contributed by atoms with Gasteiger partial charge in [-0.15, -0.1) is 0 Å². The summed E-state index contributed by atoms with van der Waals surface area (Å²) in [5.41, 5.74) is 0. The van der Waals surface area contributed by atoms with E-state index in [2.05, 4.69) is 5.32 Å². The van der Waals surface area contributed by atoms with Gasteiger partial charge < -0.3 is 10.2 Å². The van der Waals surface area contributed by atoms with Crippen LogP contribution < -0.4 is 5.32 Å². The Bertz CT molecular complexity index is 195. The third-order valence-corrected chi connectivity index (χ3v) is 1.94. The van der Waals surface area contributed by atoms with Crippen molar-refractivity contribution >= 4 is 22.9 Å². The fraction of sp³-hybridized carbons (Fsp3) is 0.667. The first-order valence-electron chi connectivity index (χ1n) is 3.36. The van der Waals surface area contributed by atoms with Crippen LogP contribution in [-0.4, -0.2) is 35.3 Å². The molecule has 0 aromatic carbocycles. The maximum absolute atomic E-state index is 10.9. The predicted octanol–water partition coefficient (Wildman–Crippen LogP) is 0.166. The van der Waals surface area contributed by atoms with Gasteiger partial charge in [0.25, 0.3) is 0 Å². The summed E-state index contributed by atoms with van der Waals surface area (Å²) in [6, 6.07) is -0.436. The Morgan fingerprint density at radius 1 is 1.82 bits per heavy atom. The summed E-state index contributed by atoms with van der Waals surface area (Å²) in [7, 11) is 0. The second kappa shape index (κ2) is 3.09. The zero-order valence-corrected chi connectivity index (χ0v) is 6.89. The molecule has 1 aliphatic rings. The van der Waals surface area contributed by atoms with E-state index >= 15 is 0 Å². The van der Waals surface area contributed by atoms with Crippen molar-refractivity contribution in [2.45, 2.75) is 13.0 Å². The number of amides is 2. The van der Waals surface area contributed by atoms with Gasteiger partial charge in [-0.2, -0.15) is 0 Å². The second-order valence-electron chi connectivity index (χ2n) is 2.41. The Hall–Kier alpha value is -0.770. The van der Waals surface area contributed by atoms with E-state index in [-0.39, 0.29) is 5.91 Å². The third-order valence-electron chi connectivity index (χ3n) is 1.72. The van der Waals surface area contributed by atoms with E-state index in [0.29, 0.717) is 13.1 Å². The smallest absolute Gasteiger partial charge is 0.317 e. The van der Waals surface area contributed by atoms with Crippen molar-refractivity contribution in [1.29, 1.82) is 0 Å². The Morgan fingerprint density at radius 2 is 2.45 bits per heavy atom. The van der Waals surface area contributed by atoms with Gasteiger partial charge in [-0.1, -0.05) is 0 Å². The lowest BCUT2D eigenvalue weighted by Crippen LogP contribution is -2.54. The standard InChI is InChI=1S/C6H9ClN2O2/c1-4-5(10)8-2-3-9(4)6(7)11/h4H,2-3H2,1H3,(H,8,10). The minimum absolute atomic E-state index is 0.148. The summed E-state index contributed by atoms with van der Waals surface area (Å²) in [4.78, 5) is 22.9. The monoisotopic (exact) mass is 176 g/mol. The molecule has 0 radical (unpaired) electrons. The zero-order valence-electron chi connectivity index (χ0n) is 6.13. The number of carbonyl (C=O) groups excluding carboxylic acids is 2. The second-order valence-corrected chi connectivity index (χ2v) is 2.74. The number of halogens is 1. The van der Waals surface area contributed by atoms with Crippen molar-refractivity contribution in [3.05, 3.63) is 0 Å². The van der Waals surface area contributed by atoms with E-state index in [1.165, 1.54) is 4.90 Å². The van der Waals surface area contributed by atoms with Crippen molar-refractivity contribution in [3.63, 3.8) is 0 Å². The van der Waals surface area contributed by atoms with Crippen LogP contribution in [0.3, 0.4) is 0 Å². The highest BCUT2D eigenvalue weighted by molar-refractivity contribution is 6.63. The Balaban J connectivity index is 2.65.